The van der Waals surface area contributed by atoms with Crippen molar-refractivity contribution >= 4 is 0 Å². The monoisotopic (exact) mass is 202 g/mol. The summed E-state index contributed by atoms with van der Waals surface area (Å²) in [6.45, 7) is 2.05. The van der Waals surface area contributed by atoms with Gasteiger partial charge in [-0.3, -0.25) is 4.98 Å². The Balaban J connectivity index is 2.25. The lowest BCUT2D eigenvalue weighted by atomic mass is 10.1. The minimum absolute atomic E-state index is 0.0295. The number of imidazole rings is 1. The van der Waals surface area contributed by atoms with E-state index in [1.54, 1.807) is 12.5 Å². The Labute approximate surface area is 88.8 Å². The van der Waals surface area contributed by atoms with Gasteiger partial charge in [-0.2, -0.15) is 0 Å². The van der Waals surface area contributed by atoms with E-state index in [-0.39, 0.29) is 6.04 Å². The Morgan fingerprint density at radius 2 is 2.33 bits per heavy atom. The van der Waals surface area contributed by atoms with Crippen molar-refractivity contribution < 1.29 is 0 Å². The van der Waals surface area contributed by atoms with Crippen LogP contribution in [0.1, 0.15) is 25.1 Å². The Kier molecular flexibility index (Phi) is 2.78. The summed E-state index contributed by atoms with van der Waals surface area (Å²) in [7, 11) is 0. The Morgan fingerprint density at radius 3 is 2.87 bits per heavy atom. The predicted molar refractivity (Wildman–Crippen MR) is 58.6 cm³/mol. The summed E-state index contributed by atoms with van der Waals surface area (Å²) in [5.41, 5.74) is 7.81. The molecule has 4 heteroatoms. The van der Waals surface area contributed by atoms with E-state index in [9.17, 15) is 0 Å². The normalized spacial score (nSPS) is 12.7. The van der Waals surface area contributed by atoms with Gasteiger partial charge in [-0.15, -0.1) is 0 Å². The van der Waals surface area contributed by atoms with Crippen LogP contribution in [0.15, 0.2) is 37.1 Å². The maximum absolute atomic E-state index is 5.88. The van der Waals surface area contributed by atoms with Gasteiger partial charge in [-0.05, 0) is 18.6 Å². The first kappa shape index (κ1) is 9.86. The van der Waals surface area contributed by atoms with Crippen molar-refractivity contribution in [1.82, 2.24) is 14.5 Å². The molecule has 0 spiro atoms. The molecule has 0 fully saturated rings. The van der Waals surface area contributed by atoms with Crippen LogP contribution >= 0.6 is 0 Å². The standard InChI is InChI=1S/C11H14N4/c1-2-10(12)11-4-3-9(7-14-11)15-6-5-13-8-15/h3-8,10H,2,12H2,1H3. The van der Waals surface area contributed by atoms with Crippen LogP contribution in [0.25, 0.3) is 5.69 Å². The zero-order valence-electron chi connectivity index (χ0n) is 8.67. The Bertz CT molecular complexity index is 405. The van der Waals surface area contributed by atoms with Crippen LogP contribution < -0.4 is 5.73 Å². The topological polar surface area (TPSA) is 56.7 Å². The van der Waals surface area contributed by atoms with Crippen molar-refractivity contribution in [3.63, 3.8) is 0 Å². The highest BCUT2D eigenvalue weighted by atomic mass is 15.0. The number of nitrogens with two attached hydrogens (primary N) is 1. The smallest absolute Gasteiger partial charge is 0.0992 e. The number of hydrogen-bond donors (Lipinski definition) is 1. The van der Waals surface area contributed by atoms with Gasteiger partial charge in [0.1, 0.15) is 0 Å². The van der Waals surface area contributed by atoms with E-state index in [0.717, 1.165) is 17.8 Å². The Morgan fingerprint density at radius 1 is 1.47 bits per heavy atom. The Hall–Kier alpha value is -1.68. The molecule has 2 aromatic heterocycles. The summed E-state index contributed by atoms with van der Waals surface area (Å²) < 4.78 is 1.91. The van der Waals surface area contributed by atoms with E-state index >= 15 is 0 Å². The molecule has 78 valence electrons. The summed E-state index contributed by atoms with van der Waals surface area (Å²) in [6.07, 6.45) is 8.09. The predicted octanol–water partition coefficient (Wildman–Crippen LogP) is 1.68. The van der Waals surface area contributed by atoms with Crippen LogP contribution in [0.3, 0.4) is 0 Å². The molecule has 2 aromatic rings. The van der Waals surface area contributed by atoms with Gasteiger partial charge in [0.15, 0.2) is 0 Å². The molecule has 4 nitrogen and oxygen atoms in total. The largest absolute Gasteiger partial charge is 0.323 e. The fraction of sp³-hybridized carbons (Fsp3) is 0.273. The molecule has 0 radical (unpaired) electrons. The van der Waals surface area contributed by atoms with Crippen molar-refractivity contribution in [3.8, 4) is 5.69 Å². The molecule has 1 atom stereocenters. The molecular weight excluding hydrogens is 188 g/mol. The van der Waals surface area contributed by atoms with Gasteiger partial charge in [-0.1, -0.05) is 6.92 Å². The molecule has 0 saturated heterocycles. The summed E-state index contributed by atoms with van der Waals surface area (Å²) in [5, 5.41) is 0. The van der Waals surface area contributed by atoms with E-state index in [1.807, 2.05) is 29.1 Å². The molecule has 1 unspecified atom stereocenters. The average molecular weight is 202 g/mol. The van der Waals surface area contributed by atoms with Crippen molar-refractivity contribution in [3.05, 3.63) is 42.7 Å². The maximum Gasteiger partial charge on any atom is 0.0992 e. The first-order chi connectivity index (χ1) is 7.31. The van der Waals surface area contributed by atoms with Gasteiger partial charge < -0.3 is 10.3 Å². The number of pyridine rings is 1. The summed E-state index contributed by atoms with van der Waals surface area (Å²) in [4.78, 5) is 8.31. The van der Waals surface area contributed by atoms with Crippen LogP contribution in [0.5, 0.6) is 0 Å². The second kappa shape index (κ2) is 4.23. The third kappa shape index (κ3) is 2.05. The minimum Gasteiger partial charge on any atom is -0.323 e. The highest BCUT2D eigenvalue weighted by Gasteiger charge is 2.04. The fourth-order valence-electron chi connectivity index (χ4n) is 1.39. The molecule has 2 heterocycles. The highest BCUT2D eigenvalue weighted by molar-refractivity contribution is 5.30. The number of hydrogen-bond acceptors (Lipinski definition) is 3. The van der Waals surface area contributed by atoms with Crippen LogP contribution in [0, 0.1) is 0 Å². The number of aromatic nitrogens is 3. The lowest BCUT2D eigenvalue weighted by molar-refractivity contribution is 0.675. The summed E-state index contributed by atoms with van der Waals surface area (Å²) >= 11 is 0. The van der Waals surface area contributed by atoms with E-state index in [1.165, 1.54) is 0 Å². The van der Waals surface area contributed by atoms with Gasteiger partial charge in [0, 0.05) is 18.4 Å². The quantitative estimate of drug-likeness (QED) is 0.823. The van der Waals surface area contributed by atoms with E-state index in [0.29, 0.717) is 0 Å². The zero-order chi connectivity index (χ0) is 10.7. The van der Waals surface area contributed by atoms with Crippen LogP contribution in [0.2, 0.25) is 0 Å². The first-order valence-corrected chi connectivity index (χ1v) is 5.01. The van der Waals surface area contributed by atoms with E-state index in [2.05, 4.69) is 16.9 Å². The molecule has 0 amide bonds. The van der Waals surface area contributed by atoms with Crippen LogP contribution in [0.4, 0.5) is 0 Å². The lowest BCUT2D eigenvalue weighted by Crippen LogP contribution is -2.10. The maximum atomic E-state index is 5.88. The van der Waals surface area contributed by atoms with Gasteiger partial charge in [0.05, 0.1) is 23.9 Å². The molecule has 0 bridgehead atoms. The first-order valence-electron chi connectivity index (χ1n) is 5.01. The van der Waals surface area contributed by atoms with Crippen molar-refractivity contribution in [2.75, 3.05) is 0 Å². The van der Waals surface area contributed by atoms with Gasteiger partial charge in [-0.25, -0.2) is 4.98 Å². The van der Waals surface area contributed by atoms with Crippen LogP contribution in [-0.4, -0.2) is 14.5 Å². The molecule has 2 N–H and O–H groups in total. The average Bonchev–Trinajstić information content (AvgIpc) is 2.82. The second-order valence-electron chi connectivity index (χ2n) is 3.43. The molecule has 2 rings (SSSR count). The molecule has 15 heavy (non-hydrogen) atoms. The van der Waals surface area contributed by atoms with Gasteiger partial charge in [0.2, 0.25) is 0 Å². The van der Waals surface area contributed by atoms with Crippen molar-refractivity contribution in [2.45, 2.75) is 19.4 Å². The molecule has 0 aliphatic rings. The highest BCUT2D eigenvalue weighted by Crippen LogP contribution is 2.12. The molecule has 0 saturated carbocycles. The van der Waals surface area contributed by atoms with E-state index in [4.69, 9.17) is 5.73 Å². The van der Waals surface area contributed by atoms with Gasteiger partial charge >= 0.3 is 0 Å². The lowest BCUT2D eigenvalue weighted by Gasteiger charge is -2.08. The summed E-state index contributed by atoms with van der Waals surface area (Å²) in [5.74, 6) is 0. The fourth-order valence-corrected chi connectivity index (χ4v) is 1.39. The third-order valence-electron chi connectivity index (χ3n) is 2.39. The molecule has 0 aliphatic heterocycles. The second-order valence-corrected chi connectivity index (χ2v) is 3.43. The molecular formula is C11H14N4. The van der Waals surface area contributed by atoms with Crippen molar-refractivity contribution in [2.24, 2.45) is 5.73 Å². The number of nitrogens with zero attached hydrogens (tertiary/aromatic N) is 3. The summed E-state index contributed by atoms with van der Waals surface area (Å²) in [6, 6.07) is 3.99. The van der Waals surface area contributed by atoms with Gasteiger partial charge in [0.25, 0.3) is 0 Å². The molecule has 0 aromatic carbocycles. The minimum atomic E-state index is 0.0295. The van der Waals surface area contributed by atoms with Crippen molar-refractivity contribution in [1.29, 1.82) is 0 Å². The SMILES string of the molecule is CCC(N)c1ccc(-n2ccnc2)cn1. The number of rotatable bonds is 3. The third-order valence-corrected chi connectivity index (χ3v) is 2.39. The molecule has 0 aliphatic carbocycles. The van der Waals surface area contributed by atoms with Crippen LogP contribution in [-0.2, 0) is 0 Å². The zero-order valence-corrected chi connectivity index (χ0v) is 8.67. The van der Waals surface area contributed by atoms with E-state index < -0.39 is 0 Å².